The minimum Gasteiger partial charge on any atom is -0.469 e. The number of pyridine rings is 1. The average Bonchev–Trinajstić information content (AvgIpc) is 2.80. The number of aromatic amines is 1. The lowest BCUT2D eigenvalue weighted by atomic mass is 9.91. The lowest BCUT2D eigenvalue weighted by Gasteiger charge is -2.18. The van der Waals surface area contributed by atoms with E-state index in [1.54, 1.807) is 6.08 Å². The fourth-order valence-electron chi connectivity index (χ4n) is 3.85. The van der Waals surface area contributed by atoms with Gasteiger partial charge in [0, 0.05) is 24.6 Å². The Morgan fingerprint density at radius 3 is 2.49 bits per heavy atom. The van der Waals surface area contributed by atoms with E-state index in [1.165, 1.54) is 49.1 Å². The number of aryl methyl sites for hydroxylation is 1. The number of nitrogens with zero attached hydrogens (tertiary/aromatic N) is 2. The Morgan fingerprint density at radius 1 is 1.23 bits per heavy atom. The number of halogens is 1. The third-order valence-electron chi connectivity index (χ3n) is 5.62. The van der Waals surface area contributed by atoms with Gasteiger partial charge in [0.1, 0.15) is 11.5 Å². The zero-order valence-corrected chi connectivity index (χ0v) is 19.9. The molecule has 35 heavy (non-hydrogen) atoms. The first-order valence-corrected chi connectivity index (χ1v) is 11.1. The van der Waals surface area contributed by atoms with Gasteiger partial charge in [-0.25, -0.2) is 14.2 Å². The summed E-state index contributed by atoms with van der Waals surface area (Å²) in [5, 5.41) is 20.6. The van der Waals surface area contributed by atoms with Crippen molar-refractivity contribution in [3.05, 3.63) is 68.3 Å². The van der Waals surface area contributed by atoms with E-state index in [0.29, 0.717) is 22.4 Å². The predicted molar refractivity (Wildman–Crippen MR) is 129 cm³/mol. The Labute approximate surface area is 200 Å². The number of carbonyl (C=O) groups excluding carboxylic acids is 1. The minimum atomic E-state index is -1.12. The van der Waals surface area contributed by atoms with Crippen molar-refractivity contribution in [2.24, 2.45) is 7.05 Å². The summed E-state index contributed by atoms with van der Waals surface area (Å²) in [6.07, 6.45) is 0.393. The first-order valence-electron chi connectivity index (χ1n) is 11.1. The van der Waals surface area contributed by atoms with Crippen LogP contribution in [0.15, 0.2) is 39.9 Å². The molecule has 2 unspecified atom stereocenters. The molecule has 3 rings (SSSR count). The molecule has 3 aromatic rings. The Balaban J connectivity index is 2.23. The molecule has 0 spiro atoms. The molecule has 0 saturated heterocycles. The van der Waals surface area contributed by atoms with E-state index in [9.17, 15) is 29.0 Å². The molecular weight excluding hydrogens is 457 g/mol. The summed E-state index contributed by atoms with van der Waals surface area (Å²) >= 11 is 0. The summed E-state index contributed by atoms with van der Waals surface area (Å²) < 4.78 is 19.4. The van der Waals surface area contributed by atoms with Gasteiger partial charge in [-0.05, 0) is 23.6 Å². The SMILES string of the molecule is COC(=O)CC(O)CC(O)/C=C/c1c(C(C)C)nc2c(c1-c1ccc(F)cc1)c(=O)[nH]c(=O)n2C. The van der Waals surface area contributed by atoms with Gasteiger partial charge in [0.2, 0.25) is 0 Å². The van der Waals surface area contributed by atoms with Crippen molar-refractivity contribution in [3.63, 3.8) is 0 Å². The molecule has 9 nitrogen and oxygen atoms in total. The number of hydrogen-bond acceptors (Lipinski definition) is 7. The zero-order chi connectivity index (χ0) is 25.9. The monoisotopic (exact) mass is 485 g/mol. The van der Waals surface area contributed by atoms with Crippen molar-refractivity contribution in [3.8, 4) is 11.1 Å². The van der Waals surface area contributed by atoms with Crippen molar-refractivity contribution in [2.45, 2.75) is 44.8 Å². The van der Waals surface area contributed by atoms with E-state index >= 15 is 0 Å². The van der Waals surface area contributed by atoms with Crippen LogP contribution in [0.5, 0.6) is 0 Å². The number of ether oxygens (including phenoxy) is 1. The molecule has 0 fully saturated rings. The lowest BCUT2D eigenvalue weighted by molar-refractivity contribution is -0.143. The van der Waals surface area contributed by atoms with E-state index in [0.717, 1.165) is 0 Å². The largest absolute Gasteiger partial charge is 0.469 e. The van der Waals surface area contributed by atoms with Gasteiger partial charge >= 0.3 is 11.7 Å². The second-order valence-corrected chi connectivity index (χ2v) is 8.56. The molecule has 2 heterocycles. The molecule has 0 amide bonds. The zero-order valence-electron chi connectivity index (χ0n) is 19.9. The molecule has 2 atom stereocenters. The fraction of sp³-hybridized carbons (Fsp3) is 0.360. The van der Waals surface area contributed by atoms with Crippen LogP contribution in [0.25, 0.3) is 28.2 Å². The number of carbonyl (C=O) groups is 1. The van der Waals surface area contributed by atoms with E-state index in [2.05, 4.69) is 14.7 Å². The number of aromatic nitrogens is 3. The highest BCUT2D eigenvalue weighted by atomic mass is 19.1. The van der Waals surface area contributed by atoms with Crippen LogP contribution < -0.4 is 11.2 Å². The highest BCUT2D eigenvalue weighted by molar-refractivity contribution is 5.97. The highest BCUT2D eigenvalue weighted by Crippen LogP contribution is 2.35. The number of benzene rings is 1. The van der Waals surface area contributed by atoms with Crippen molar-refractivity contribution in [1.29, 1.82) is 0 Å². The van der Waals surface area contributed by atoms with Gasteiger partial charge in [-0.1, -0.05) is 38.1 Å². The summed E-state index contributed by atoms with van der Waals surface area (Å²) in [6, 6.07) is 5.57. The summed E-state index contributed by atoms with van der Waals surface area (Å²) in [6.45, 7) is 3.78. The number of H-pyrrole nitrogens is 1. The number of rotatable bonds is 8. The van der Waals surface area contributed by atoms with E-state index in [1.807, 2.05) is 13.8 Å². The van der Waals surface area contributed by atoms with E-state index < -0.39 is 35.2 Å². The van der Waals surface area contributed by atoms with Crippen LogP contribution in [0.1, 0.15) is 43.9 Å². The second-order valence-electron chi connectivity index (χ2n) is 8.56. The first kappa shape index (κ1) is 26.0. The molecule has 1 aromatic carbocycles. The molecule has 0 aliphatic rings. The Bertz CT molecular complexity index is 1380. The maximum atomic E-state index is 13.7. The molecule has 2 aromatic heterocycles. The molecular formula is C25H28FN3O6. The predicted octanol–water partition coefficient (Wildman–Crippen LogP) is 2.24. The number of fused-ring (bicyclic) bond motifs is 1. The van der Waals surface area contributed by atoms with Crippen molar-refractivity contribution < 1.29 is 24.1 Å². The van der Waals surface area contributed by atoms with Gasteiger partial charge in [0.25, 0.3) is 5.56 Å². The van der Waals surface area contributed by atoms with Crippen LogP contribution in [-0.2, 0) is 16.6 Å². The normalized spacial score (nSPS) is 13.5. The van der Waals surface area contributed by atoms with Gasteiger partial charge in [0.05, 0.1) is 36.8 Å². The summed E-state index contributed by atoms with van der Waals surface area (Å²) in [5.74, 6) is -1.20. The Morgan fingerprint density at radius 2 is 1.89 bits per heavy atom. The summed E-state index contributed by atoms with van der Waals surface area (Å²) in [7, 11) is 2.70. The molecule has 0 aliphatic carbocycles. The van der Waals surface area contributed by atoms with E-state index in [-0.39, 0.29) is 29.8 Å². The molecule has 0 bridgehead atoms. The van der Waals surface area contributed by atoms with Gasteiger partial charge in [-0.3, -0.25) is 19.1 Å². The fourth-order valence-corrected chi connectivity index (χ4v) is 3.85. The maximum absolute atomic E-state index is 13.7. The van der Waals surface area contributed by atoms with Crippen LogP contribution in [-0.4, -0.2) is 50.0 Å². The van der Waals surface area contributed by atoms with Crippen LogP contribution >= 0.6 is 0 Å². The van der Waals surface area contributed by atoms with Crippen LogP contribution in [0.2, 0.25) is 0 Å². The topological polar surface area (TPSA) is 135 Å². The molecule has 10 heteroatoms. The molecule has 3 N–H and O–H groups in total. The second kappa shape index (κ2) is 10.7. The third-order valence-corrected chi connectivity index (χ3v) is 5.62. The quantitative estimate of drug-likeness (QED) is 0.417. The van der Waals surface area contributed by atoms with Gasteiger partial charge in [-0.2, -0.15) is 0 Å². The first-order chi connectivity index (χ1) is 16.5. The van der Waals surface area contributed by atoms with Gasteiger partial charge in [-0.15, -0.1) is 0 Å². The van der Waals surface area contributed by atoms with Crippen molar-refractivity contribution in [1.82, 2.24) is 14.5 Å². The number of esters is 1. The number of aliphatic hydroxyl groups excluding tert-OH is 2. The third kappa shape index (κ3) is 5.72. The number of aliphatic hydroxyl groups is 2. The maximum Gasteiger partial charge on any atom is 0.329 e. The van der Waals surface area contributed by atoms with Crippen LogP contribution in [0.4, 0.5) is 4.39 Å². The number of methoxy groups -OCH3 is 1. The van der Waals surface area contributed by atoms with Crippen LogP contribution in [0.3, 0.4) is 0 Å². The average molecular weight is 486 g/mol. The summed E-state index contributed by atoms with van der Waals surface area (Å²) in [4.78, 5) is 43.4. The number of hydrogen-bond donors (Lipinski definition) is 3. The highest BCUT2D eigenvalue weighted by Gasteiger charge is 2.22. The van der Waals surface area contributed by atoms with Gasteiger partial charge < -0.3 is 14.9 Å². The Kier molecular flexibility index (Phi) is 7.98. The standard InChI is InChI=1S/C25H28FN3O6/c1-13(2)22-18(10-9-16(30)11-17(31)12-19(32)35-4)20(14-5-7-15(26)8-6-14)21-23(27-22)29(3)25(34)28-24(21)33/h5-10,13,16-17,30-31H,11-12H2,1-4H3,(H,28,33,34)/b10-9+. The lowest BCUT2D eigenvalue weighted by Crippen LogP contribution is -2.30. The summed E-state index contributed by atoms with van der Waals surface area (Å²) in [5.41, 5.74) is 0.912. The van der Waals surface area contributed by atoms with Crippen LogP contribution in [0, 0.1) is 5.82 Å². The molecule has 0 saturated carbocycles. The van der Waals surface area contributed by atoms with Gasteiger partial charge in [0.15, 0.2) is 0 Å². The molecule has 186 valence electrons. The minimum absolute atomic E-state index is 0.120. The molecule has 0 aliphatic heterocycles. The van der Waals surface area contributed by atoms with E-state index in [4.69, 9.17) is 0 Å². The molecule has 0 radical (unpaired) electrons. The Hall–Kier alpha value is -3.63. The van der Waals surface area contributed by atoms with Crippen molar-refractivity contribution >= 4 is 23.1 Å². The smallest absolute Gasteiger partial charge is 0.329 e. The number of nitrogens with one attached hydrogen (secondary N) is 1. The van der Waals surface area contributed by atoms with Crippen molar-refractivity contribution in [2.75, 3.05) is 7.11 Å².